The maximum Gasteiger partial charge on any atom is 0.260 e. The van der Waals surface area contributed by atoms with E-state index in [4.69, 9.17) is 4.74 Å². The average molecular weight is 276 g/mol. The number of ether oxygens (including phenoxy) is 1. The smallest absolute Gasteiger partial charge is 0.260 e. The lowest BCUT2D eigenvalue weighted by Gasteiger charge is -2.34. The van der Waals surface area contributed by atoms with Crippen LogP contribution in [0.1, 0.15) is 20.3 Å². The zero-order valence-corrected chi connectivity index (χ0v) is 12.3. The Morgan fingerprint density at radius 3 is 2.85 bits per heavy atom. The molecule has 0 bridgehead atoms. The lowest BCUT2D eigenvalue weighted by molar-refractivity contribution is -0.134. The fourth-order valence-electron chi connectivity index (χ4n) is 2.53. The number of benzene rings is 1. The van der Waals surface area contributed by atoms with Crippen LogP contribution in [0.25, 0.3) is 0 Å². The van der Waals surface area contributed by atoms with E-state index in [2.05, 4.69) is 19.2 Å². The first-order chi connectivity index (χ1) is 9.65. The van der Waals surface area contributed by atoms with Gasteiger partial charge in [-0.15, -0.1) is 0 Å². The zero-order chi connectivity index (χ0) is 14.4. The van der Waals surface area contributed by atoms with E-state index < -0.39 is 0 Å². The van der Waals surface area contributed by atoms with Gasteiger partial charge in [-0.25, -0.2) is 0 Å². The van der Waals surface area contributed by atoms with Gasteiger partial charge >= 0.3 is 0 Å². The van der Waals surface area contributed by atoms with Crippen LogP contribution in [0.2, 0.25) is 0 Å². The normalized spacial score (nSPS) is 19.1. The first kappa shape index (κ1) is 14.9. The predicted molar refractivity (Wildman–Crippen MR) is 79.8 cm³/mol. The van der Waals surface area contributed by atoms with Crippen molar-refractivity contribution in [3.63, 3.8) is 0 Å². The average Bonchev–Trinajstić information content (AvgIpc) is 2.45. The second-order valence-electron chi connectivity index (χ2n) is 5.72. The fourth-order valence-corrected chi connectivity index (χ4v) is 2.53. The Kier molecular flexibility index (Phi) is 5.41. The second kappa shape index (κ2) is 7.29. The van der Waals surface area contributed by atoms with Crippen LogP contribution >= 0.6 is 0 Å². The first-order valence-electron chi connectivity index (χ1n) is 7.34. The van der Waals surface area contributed by atoms with Crippen LogP contribution in [0.3, 0.4) is 0 Å². The van der Waals surface area contributed by atoms with Crippen molar-refractivity contribution in [2.75, 3.05) is 26.2 Å². The Balaban J connectivity index is 1.80. The van der Waals surface area contributed by atoms with E-state index >= 15 is 0 Å². The summed E-state index contributed by atoms with van der Waals surface area (Å²) in [5.41, 5.74) is 0. The van der Waals surface area contributed by atoms with Gasteiger partial charge in [0.1, 0.15) is 5.75 Å². The van der Waals surface area contributed by atoms with Crippen LogP contribution in [-0.2, 0) is 4.79 Å². The third-order valence-electron chi connectivity index (χ3n) is 3.47. The highest BCUT2D eigenvalue weighted by atomic mass is 16.5. The highest BCUT2D eigenvalue weighted by molar-refractivity contribution is 5.78. The molecule has 1 atom stereocenters. The Hall–Kier alpha value is -1.55. The van der Waals surface area contributed by atoms with Gasteiger partial charge in [0, 0.05) is 25.7 Å². The molecule has 1 amide bonds. The fraction of sp³-hybridized carbons (Fsp3) is 0.562. The Bertz CT molecular complexity index is 420. The van der Waals surface area contributed by atoms with Crippen LogP contribution < -0.4 is 10.1 Å². The molecule has 1 unspecified atom stereocenters. The number of piperazine rings is 1. The SMILES string of the molecule is CC(C)CC1CN(C(=O)COc2ccccc2)CCN1. The van der Waals surface area contributed by atoms with Crippen molar-refractivity contribution < 1.29 is 9.53 Å². The molecular weight excluding hydrogens is 252 g/mol. The molecule has 4 heteroatoms. The molecule has 110 valence electrons. The third-order valence-corrected chi connectivity index (χ3v) is 3.47. The minimum absolute atomic E-state index is 0.0732. The molecule has 0 aliphatic carbocycles. The van der Waals surface area contributed by atoms with Gasteiger partial charge in [0.2, 0.25) is 0 Å². The van der Waals surface area contributed by atoms with Crippen LogP contribution in [0.5, 0.6) is 5.75 Å². The summed E-state index contributed by atoms with van der Waals surface area (Å²) >= 11 is 0. The molecule has 1 aliphatic rings. The number of nitrogens with zero attached hydrogens (tertiary/aromatic N) is 1. The molecule has 0 saturated carbocycles. The van der Waals surface area contributed by atoms with Crippen molar-refractivity contribution in [2.24, 2.45) is 5.92 Å². The number of hydrogen-bond donors (Lipinski definition) is 1. The van der Waals surface area contributed by atoms with Crippen molar-refractivity contribution in [3.8, 4) is 5.75 Å². The van der Waals surface area contributed by atoms with Gasteiger partial charge in [-0.3, -0.25) is 4.79 Å². The standard InChI is InChI=1S/C16H24N2O2/c1-13(2)10-14-11-18(9-8-17-14)16(19)12-20-15-6-4-3-5-7-15/h3-7,13-14,17H,8-12H2,1-2H3. The van der Waals surface area contributed by atoms with E-state index in [0.717, 1.165) is 31.8 Å². The van der Waals surface area contributed by atoms with Crippen molar-refractivity contribution >= 4 is 5.91 Å². The molecule has 1 saturated heterocycles. The highest BCUT2D eigenvalue weighted by Crippen LogP contribution is 2.11. The Morgan fingerprint density at radius 1 is 1.40 bits per heavy atom. The molecule has 1 fully saturated rings. The van der Waals surface area contributed by atoms with Crippen molar-refractivity contribution in [2.45, 2.75) is 26.3 Å². The number of para-hydroxylation sites is 1. The summed E-state index contributed by atoms with van der Waals surface area (Å²) in [6.07, 6.45) is 1.10. The van der Waals surface area contributed by atoms with Crippen LogP contribution in [0, 0.1) is 5.92 Å². The van der Waals surface area contributed by atoms with E-state index in [0.29, 0.717) is 12.0 Å². The maximum atomic E-state index is 12.2. The molecule has 0 radical (unpaired) electrons. The largest absolute Gasteiger partial charge is 0.484 e. The maximum absolute atomic E-state index is 12.2. The molecule has 20 heavy (non-hydrogen) atoms. The first-order valence-corrected chi connectivity index (χ1v) is 7.34. The highest BCUT2D eigenvalue weighted by Gasteiger charge is 2.23. The van der Waals surface area contributed by atoms with Crippen LogP contribution in [-0.4, -0.2) is 43.1 Å². The summed E-state index contributed by atoms with van der Waals surface area (Å²) in [6, 6.07) is 9.89. The van der Waals surface area contributed by atoms with Gasteiger partial charge in [0.25, 0.3) is 5.91 Å². The number of rotatable bonds is 5. The Morgan fingerprint density at radius 2 is 2.15 bits per heavy atom. The lowest BCUT2D eigenvalue weighted by atomic mass is 10.0. The topological polar surface area (TPSA) is 41.6 Å². The van der Waals surface area contributed by atoms with E-state index in [-0.39, 0.29) is 12.5 Å². The summed E-state index contributed by atoms with van der Waals surface area (Å²) in [5.74, 6) is 1.46. The van der Waals surface area contributed by atoms with Gasteiger partial charge in [0.15, 0.2) is 6.61 Å². The molecule has 1 aliphatic heterocycles. The summed E-state index contributed by atoms with van der Waals surface area (Å²) < 4.78 is 5.53. The number of hydrogen-bond acceptors (Lipinski definition) is 3. The van der Waals surface area contributed by atoms with Crippen LogP contribution in [0.4, 0.5) is 0 Å². The monoisotopic (exact) mass is 276 g/mol. The second-order valence-corrected chi connectivity index (χ2v) is 5.72. The van der Waals surface area contributed by atoms with E-state index in [9.17, 15) is 4.79 Å². The van der Waals surface area contributed by atoms with Crippen LogP contribution in [0.15, 0.2) is 30.3 Å². The molecule has 0 aromatic heterocycles. The molecule has 4 nitrogen and oxygen atoms in total. The molecule has 1 aromatic carbocycles. The van der Waals surface area contributed by atoms with E-state index in [1.807, 2.05) is 35.2 Å². The Labute approximate surface area is 121 Å². The molecular formula is C16H24N2O2. The minimum Gasteiger partial charge on any atom is -0.484 e. The summed E-state index contributed by atoms with van der Waals surface area (Å²) in [6.45, 7) is 6.97. The summed E-state index contributed by atoms with van der Waals surface area (Å²) in [5, 5.41) is 3.47. The number of carbonyl (C=O) groups is 1. The third kappa shape index (κ3) is 4.53. The molecule has 1 aromatic rings. The van der Waals surface area contributed by atoms with Gasteiger partial charge in [-0.05, 0) is 24.5 Å². The molecule has 1 heterocycles. The van der Waals surface area contributed by atoms with Gasteiger partial charge in [-0.2, -0.15) is 0 Å². The number of nitrogens with one attached hydrogen (secondary N) is 1. The summed E-state index contributed by atoms with van der Waals surface area (Å²) in [7, 11) is 0. The molecule has 2 rings (SSSR count). The van der Waals surface area contributed by atoms with Gasteiger partial charge in [-0.1, -0.05) is 32.0 Å². The number of amides is 1. The predicted octanol–water partition coefficient (Wildman–Crippen LogP) is 1.91. The zero-order valence-electron chi connectivity index (χ0n) is 12.3. The van der Waals surface area contributed by atoms with Gasteiger partial charge in [0.05, 0.1) is 0 Å². The van der Waals surface area contributed by atoms with E-state index in [1.54, 1.807) is 0 Å². The summed E-state index contributed by atoms with van der Waals surface area (Å²) in [4.78, 5) is 14.1. The lowest BCUT2D eigenvalue weighted by Crippen LogP contribution is -2.53. The van der Waals surface area contributed by atoms with Crippen molar-refractivity contribution in [3.05, 3.63) is 30.3 Å². The molecule has 1 N–H and O–H groups in total. The van der Waals surface area contributed by atoms with Crippen molar-refractivity contribution in [1.29, 1.82) is 0 Å². The molecule has 0 spiro atoms. The van der Waals surface area contributed by atoms with Gasteiger partial charge < -0.3 is 15.0 Å². The van der Waals surface area contributed by atoms with E-state index in [1.165, 1.54) is 0 Å². The van der Waals surface area contributed by atoms with Crippen molar-refractivity contribution in [1.82, 2.24) is 10.2 Å². The minimum atomic E-state index is 0.0732. The quantitative estimate of drug-likeness (QED) is 0.893. The number of carbonyl (C=O) groups excluding carboxylic acids is 1.